The van der Waals surface area contributed by atoms with Gasteiger partial charge in [-0.25, -0.2) is 4.39 Å². The molecule has 0 aliphatic carbocycles. The third-order valence-corrected chi connectivity index (χ3v) is 3.80. The van der Waals surface area contributed by atoms with Crippen LogP contribution in [0.15, 0.2) is 24.3 Å². The normalized spacial score (nSPS) is 11.0. The molecule has 0 saturated heterocycles. The van der Waals surface area contributed by atoms with Crippen LogP contribution in [-0.4, -0.2) is 15.7 Å². The second-order valence-corrected chi connectivity index (χ2v) is 6.28. The summed E-state index contributed by atoms with van der Waals surface area (Å²) in [5, 5.41) is 7.35. The largest absolute Gasteiger partial charge is 0.326 e. The molecule has 0 saturated carbocycles. The average molecular weight is 317 g/mol. The maximum absolute atomic E-state index is 12.9. The van der Waals surface area contributed by atoms with Crippen LogP contribution in [0.3, 0.4) is 0 Å². The van der Waals surface area contributed by atoms with Gasteiger partial charge in [-0.3, -0.25) is 9.48 Å². The van der Waals surface area contributed by atoms with Gasteiger partial charge < -0.3 is 5.32 Å². The first-order chi connectivity index (χ1) is 10.9. The molecule has 2 rings (SSSR count). The number of benzene rings is 1. The molecule has 0 aliphatic rings. The molecule has 23 heavy (non-hydrogen) atoms. The summed E-state index contributed by atoms with van der Waals surface area (Å²) in [6.45, 7) is 9.24. The number of aromatic nitrogens is 2. The Morgan fingerprint density at radius 1 is 1.26 bits per heavy atom. The highest BCUT2D eigenvalue weighted by Gasteiger charge is 2.13. The van der Waals surface area contributed by atoms with Gasteiger partial charge in [-0.15, -0.1) is 0 Å². The van der Waals surface area contributed by atoms with Gasteiger partial charge in [0.1, 0.15) is 5.82 Å². The van der Waals surface area contributed by atoms with E-state index in [1.54, 1.807) is 12.1 Å². The molecule has 1 heterocycles. The van der Waals surface area contributed by atoms with Gasteiger partial charge in [-0.05, 0) is 56.0 Å². The van der Waals surface area contributed by atoms with Crippen molar-refractivity contribution < 1.29 is 9.18 Å². The predicted octanol–water partition coefficient (Wildman–Crippen LogP) is 3.87. The fourth-order valence-corrected chi connectivity index (χ4v) is 2.61. The number of rotatable bonds is 6. The van der Waals surface area contributed by atoms with E-state index in [-0.39, 0.29) is 11.7 Å². The predicted molar refractivity (Wildman–Crippen MR) is 89.9 cm³/mol. The standard InChI is InChI=1S/C18H24FN3O/c1-12(2)11-22-14(4)17(13(3)21-22)9-10-18(23)20-16-7-5-15(19)6-8-16/h5-8,12H,9-11H2,1-4H3,(H,20,23). The topological polar surface area (TPSA) is 46.9 Å². The molecule has 0 fully saturated rings. The molecule has 0 atom stereocenters. The molecule has 1 N–H and O–H groups in total. The summed E-state index contributed by atoms with van der Waals surface area (Å²) < 4.78 is 14.9. The molecule has 1 amide bonds. The van der Waals surface area contributed by atoms with Gasteiger partial charge in [0, 0.05) is 24.3 Å². The highest BCUT2D eigenvalue weighted by atomic mass is 19.1. The Labute approximate surface area is 136 Å². The van der Waals surface area contributed by atoms with Crippen LogP contribution in [0.25, 0.3) is 0 Å². The Hall–Kier alpha value is -2.17. The highest BCUT2D eigenvalue weighted by Crippen LogP contribution is 2.17. The third kappa shape index (κ3) is 4.65. The van der Waals surface area contributed by atoms with Crippen molar-refractivity contribution in [3.63, 3.8) is 0 Å². The molecule has 0 radical (unpaired) electrons. The van der Waals surface area contributed by atoms with Crippen molar-refractivity contribution in [2.75, 3.05) is 5.32 Å². The second-order valence-electron chi connectivity index (χ2n) is 6.28. The van der Waals surface area contributed by atoms with Crippen molar-refractivity contribution >= 4 is 11.6 Å². The minimum Gasteiger partial charge on any atom is -0.326 e. The fraction of sp³-hybridized carbons (Fsp3) is 0.444. The number of hydrogen-bond acceptors (Lipinski definition) is 2. The van der Waals surface area contributed by atoms with Gasteiger partial charge in [0.15, 0.2) is 0 Å². The monoisotopic (exact) mass is 317 g/mol. The summed E-state index contributed by atoms with van der Waals surface area (Å²) in [4.78, 5) is 12.0. The SMILES string of the molecule is Cc1nn(CC(C)C)c(C)c1CCC(=O)Nc1ccc(F)cc1. The number of anilines is 1. The summed E-state index contributed by atoms with van der Waals surface area (Å²) in [7, 11) is 0. The maximum atomic E-state index is 12.9. The Kier molecular flexibility index (Phi) is 5.53. The highest BCUT2D eigenvalue weighted by molar-refractivity contribution is 5.90. The van der Waals surface area contributed by atoms with Crippen molar-refractivity contribution in [2.24, 2.45) is 5.92 Å². The zero-order valence-electron chi connectivity index (χ0n) is 14.2. The van der Waals surface area contributed by atoms with Crippen molar-refractivity contribution in [2.45, 2.75) is 47.1 Å². The van der Waals surface area contributed by atoms with Gasteiger partial charge in [0.05, 0.1) is 5.69 Å². The van der Waals surface area contributed by atoms with Gasteiger partial charge in [-0.1, -0.05) is 13.8 Å². The first-order valence-electron chi connectivity index (χ1n) is 7.95. The summed E-state index contributed by atoms with van der Waals surface area (Å²) in [5.74, 6) is 0.140. The van der Waals surface area contributed by atoms with E-state index in [0.29, 0.717) is 24.4 Å². The fourth-order valence-electron chi connectivity index (χ4n) is 2.61. The molecule has 0 unspecified atom stereocenters. The Morgan fingerprint density at radius 2 is 1.91 bits per heavy atom. The molecule has 0 aliphatic heterocycles. The molecular formula is C18H24FN3O. The van der Waals surface area contributed by atoms with Gasteiger partial charge in [-0.2, -0.15) is 5.10 Å². The van der Waals surface area contributed by atoms with Crippen LogP contribution < -0.4 is 5.32 Å². The molecule has 1 aromatic heterocycles. The number of nitrogens with zero attached hydrogens (tertiary/aromatic N) is 2. The van der Waals surface area contributed by atoms with Gasteiger partial charge >= 0.3 is 0 Å². The first kappa shape index (κ1) is 17.2. The number of hydrogen-bond donors (Lipinski definition) is 1. The molecule has 0 bridgehead atoms. The van der Waals surface area contributed by atoms with Crippen molar-refractivity contribution in [3.8, 4) is 0 Å². The van der Waals surface area contributed by atoms with Crippen LogP contribution in [0.4, 0.5) is 10.1 Å². The average Bonchev–Trinajstić information content (AvgIpc) is 2.73. The Balaban J connectivity index is 1.96. The summed E-state index contributed by atoms with van der Waals surface area (Å²) >= 11 is 0. The Bertz CT molecular complexity index is 674. The molecule has 2 aromatic rings. The molecule has 0 spiro atoms. The van der Waals surface area contributed by atoms with Gasteiger partial charge in [0.25, 0.3) is 0 Å². The summed E-state index contributed by atoms with van der Waals surface area (Å²) in [6.07, 6.45) is 1.04. The van der Waals surface area contributed by atoms with Crippen molar-refractivity contribution in [1.29, 1.82) is 0 Å². The van der Waals surface area contributed by atoms with Crippen LogP contribution in [0.2, 0.25) is 0 Å². The molecular weight excluding hydrogens is 293 g/mol. The quantitative estimate of drug-likeness (QED) is 0.879. The van der Waals surface area contributed by atoms with Crippen LogP contribution in [-0.2, 0) is 17.8 Å². The van der Waals surface area contributed by atoms with Gasteiger partial charge in [0.2, 0.25) is 5.91 Å². The minimum absolute atomic E-state index is 0.0768. The number of carbonyl (C=O) groups excluding carboxylic acids is 1. The number of amides is 1. The smallest absolute Gasteiger partial charge is 0.224 e. The number of carbonyl (C=O) groups is 1. The lowest BCUT2D eigenvalue weighted by atomic mass is 10.1. The zero-order chi connectivity index (χ0) is 17.0. The molecule has 4 nitrogen and oxygen atoms in total. The van der Waals surface area contributed by atoms with E-state index in [4.69, 9.17) is 0 Å². The van der Waals surface area contributed by atoms with Crippen LogP contribution in [0.5, 0.6) is 0 Å². The third-order valence-electron chi connectivity index (χ3n) is 3.80. The van der Waals surface area contributed by atoms with E-state index >= 15 is 0 Å². The van der Waals surface area contributed by atoms with E-state index in [9.17, 15) is 9.18 Å². The summed E-state index contributed by atoms with van der Waals surface area (Å²) in [5.41, 5.74) is 3.86. The molecule has 1 aromatic carbocycles. The van der Waals surface area contributed by atoms with E-state index < -0.39 is 0 Å². The maximum Gasteiger partial charge on any atom is 0.224 e. The van der Waals surface area contributed by atoms with E-state index in [0.717, 1.165) is 23.5 Å². The van der Waals surface area contributed by atoms with E-state index in [1.807, 2.05) is 11.6 Å². The van der Waals surface area contributed by atoms with Crippen LogP contribution in [0, 0.1) is 25.6 Å². The number of aryl methyl sites for hydroxylation is 1. The lowest BCUT2D eigenvalue weighted by Gasteiger charge is -2.08. The second kappa shape index (κ2) is 7.40. The number of halogens is 1. The Morgan fingerprint density at radius 3 is 2.52 bits per heavy atom. The first-order valence-corrected chi connectivity index (χ1v) is 7.95. The molecule has 5 heteroatoms. The molecule has 124 valence electrons. The van der Waals surface area contributed by atoms with Crippen molar-refractivity contribution in [3.05, 3.63) is 47.0 Å². The van der Waals surface area contributed by atoms with Crippen LogP contribution >= 0.6 is 0 Å². The lowest BCUT2D eigenvalue weighted by molar-refractivity contribution is -0.116. The lowest BCUT2D eigenvalue weighted by Crippen LogP contribution is -2.13. The zero-order valence-corrected chi connectivity index (χ0v) is 14.2. The van der Waals surface area contributed by atoms with Crippen LogP contribution in [0.1, 0.15) is 37.2 Å². The minimum atomic E-state index is -0.313. The van der Waals surface area contributed by atoms with E-state index in [1.165, 1.54) is 12.1 Å². The summed E-state index contributed by atoms with van der Waals surface area (Å²) in [6, 6.07) is 5.79. The van der Waals surface area contributed by atoms with E-state index in [2.05, 4.69) is 31.2 Å². The number of nitrogens with one attached hydrogen (secondary N) is 1. The van der Waals surface area contributed by atoms with Crippen molar-refractivity contribution in [1.82, 2.24) is 9.78 Å².